The number of nitrogens with zero attached hydrogens (tertiary/aromatic N) is 3. The molecule has 2 atom stereocenters. The highest BCUT2D eigenvalue weighted by Crippen LogP contribution is 2.68. The maximum atomic E-state index is 2.82. The fraction of sp³-hybridized carbons (Fsp3) is 0.321. The predicted molar refractivity (Wildman–Crippen MR) is 235 cm³/mol. The number of hydrogen-bond acceptors (Lipinski definition) is 3. The molecule has 5 aliphatic rings. The third kappa shape index (κ3) is 4.04. The van der Waals surface area contributed by atoms with Crippen molar-refractivity contribution in [3.8, 4) is 0 Å². The van der Waals surface area contributed by atoms with Crippen LogP contribution in [0.3, 0.4) is 0 Å². The lowest BCUT2D eigenvalue weighted by atomic mass is 9.65. The minimum absolute atomic E-state index is 0.0712. The average molecular weight is 732 g/mol. The molecule has 5 heterocycles. The van der Waals surface area contributed by atoms with Crippen LogP contribution >= 0.6 is 0 Å². The van der Waals surface area contributed by atoms with Gasteiger partial charge in [-0.25, -0.2) is 0 Å². The number of benzene rings is 6. The van der Waals surface area contributed by atoms with Crippen LogP contribution in [-0.2, 0) is 10.8 Å². The van der Waals surface area contributed by atoms with Gasteiger partial charge in [0.25, 0.3) is 0 Å². The first-order valence-electron chi connectivity index (χ1n) is 21.0. The molecular weight excluding hydrogens is 679 g/mol. The van der Waals surface area contributed by atoms with Gasteiger partial charge in [-0.1, -0.05) is 154 Å². The van der Waals surface area contributed by atoms with Crippen LogP contribution in [0.2, 0.25) is 0 Å². The van der Waals surface area contributed by atoms with E-state index in [2.05, 4.69) is 193 Å². The largest absolute Gasteiger partial charge is 0.313 e. The van der Waals surface area contributed by atoms with Gasteiger partial charge in [0.2, 0.25) is 0 Å². The highest BCUT2D eigenvalue weighted by atomic mass is 15.4. The smallest absolute Gasteiger partial charge is 0.137 e. The summed E-state index contributed by atoms with van der Waals surface area (Å²) in [5.41, 5.74) is 24.7. The molecule has 56 heavy (non-hydrogen) atoms. The number of hydrogen-bond donors (Lipinski definition) is 0. The zero-order valence-corrected chi connectivity index (χ0v) is 34.6. The first-order valence-corrected chi connectivity index (χ1v) is 21.0. The van der Waals surface area contributed by atoms with Gasteiger partial charge in [-0.3, -0.25) is 0 Å². The summed E-state index contributed by atoms with van der Waals surface area (Å²) in [7, 11) is 0. The lowest BCUT2D eigenvalue weighted by molar-refractivity contribution is 0.591. The summed E-state index contributed by atoms with van der Waals surface area (Å²) in [6.07, 6.45) is -0.0712. The van der Waals surface area contributed by atoms with Crippen LogP contribution in [-0.4, -0.2) is 0 Å². The van der Waals surface area contributed by atoms with Crippen LogP contribution in [0.15, 0.2) is 109 Å². The van der Waals surface area contributed by atoms with Crippen LogP contribution < -0.4 is 14.7 Å². The lowest BCUT2D eigenvalue weighted by Crippen LogP contribution is -2.40. The van der Waals surface area contributed by atoms with Gasteiger partial charge < -0.3 is 14.7 Å². The quantitative estimate of drug-likeness (QED) is 0.179. The topological polar surface area (TPSA) is 9.72 Å². The molecule has 0 saturated heterocycles. The Bertz CT molecular complexity index is 2500. The Balaban J connectivity index is 1.28. The molecule has 0 saturated carbocycles. The van der Waals surface area contributed by atoms with E-state index in [1.807, 2.05) is 0 Å². The second kappa shape index (κ2) is 11.2. The Morgan fingerprint density at radius 3 is 1.29 bits per heavy atom. The van der Waals surface area contributed by atoms with Crippen LogP contribution in [0.25, 0.3) is 0 Å². The number of anilines is 7. The Morgan fingerprint density at radius 2 is 0.857 bits per heavy atom. The molecular formula is C53H53N3. The summed E-state index contributed by atoms with van der Waals surface area (Å²) in [6.45, 7) is 24.2. The number of para-hydroxylation sites is 4. The van der Waals surface area contributed by atoms with Gasteiger partial charge in [0, 0.05) is 22.7 Å². The first-order chi connectivity index (χ1) is 26.8. The van der Waals surface area contributed by atoms with Crippen LogP contribution in [0.4, 0.5) is 39.8 Å². The second-order valence-corrected chi connectivity index (χ2v) is 19.0. The van der Waals surface area contributed by atoms with Crippen molar-refractivity contribution in [1.82, 2.24) is 0 Å². The highest BCUT2D eigenvalue weighted by Gasteiger charge is 2.52. The minimum Gasteiger partial charge on any atom is -0.313 e. The average Bonchev–Trinajstić information content (AvgIpc) is 3.55. The van der Waals surface area contributed by atoms with E-state index in [4.69, 9.17) is 0 Å². The molecule has 2 unspecified atom stereocenters. The Morgan fingerprint density at radius 1 is 0.446 bits per heavy atom. The van der Waals surface area contributed by atoms with Gasteiger partial charge in [0.1, 0.15) is 6.17 Å². The monoisotopic (exact) mass is 731 g/mol. The van der Waals surface area contributed by atoms with Crippen molar-refractivity contribution in [3.05, 3.63) is 170 Å². The molecule has 280 valence electrons. The van der Waals surface area contributed by atoms with E-state index in [9.17, 15) is 0 Å². The van der Waals surface area contributed by atoms with Crippen LogP contribution in [0, 0.1) is 0 Å². The molecule has 0 aromatic heterocycles. The molecule has 0 aliphatic carbocycles. The van der Waals surface area contributed by atoms with Gasteiger partial charge in [-0.05, 0) is 97.3 Å². The maximum Gasteiger partial charge on any atom is 0.137 e. The third-order valence-corrected chi connectivity index (χ3v) is 14.6. The summed E-state index contributed by atoms with van der Waals surface area (Å²) in [4.78, 5) is 8.23. The third-order valence-electron chi connectivity index (χ3n) is 14.6. The molecule has 5 aliphatic heterocycles. The molecule has 6 aromatic carbocycles. The van der Waals surface area contributed by atoms with E-state index in [-0.39, 0.29) is 17.0 Å². The Kier molecular flexibility index (Phi) is 6.79. The zero-order chi connectivity index (χ0) is 38.7. The lowest BCUT2D eigenvalue weighted by Gasteiger charge is -2.50. The predicted octanol–water partition coefficient (Wildman–Crippen LogP) is 14.6. The SMILES string of the molecule is CC(C)c1cccc2c1N1c3c(ccc4c3N(c3c(C(C)C)cccc3C4C)C1c1cc3c4c(c1)C(C)(C)c1ccccc1N4c1ccccc1C3(C)C)C2C. The summed E-state index contributed by atoms with van der Waals surface area (Å²) < 4.78 is 0. The molecule has 0 spiro atoms. The molecule has 11 rings (SSSR count). The summed E-state index contributed by atoms with van der Waals surface area (Å²) in [6, 6.07) is 42.7. The van der Waals surface area contributed by atoms with Crippen molar-refractivity contribution in [2.24, 2.45) is 0 Å². The van der Waals surface area contributed by atoms with Crippen molar-refractivity contribution in [2.45, 2.75) is 110 Å². The van der Waals surface area contributed by atoms with E-state index >= 15 is 0 Å². The fourth-order valence-electron chi connectivity index (χ4n) is 11.7. The van der Waals surface area contributed by atoms with Crippen molar-refractivity contribution in [1.29, 1.82) is 0 Å². The van der Waals surface area contributed by atoms with Gasteiger partial charge in [-0.15, -0.1) is 0 Å². The Hall–Kier alpha value is -5.28. The van der Waals surface area contributed by atoms with Crippen LogP contribution in [0.5, 0.6) is 0 Å². The van der Waals surface area contributed by atoms with Crippen molar-refractivity contribution < 1.29 is 0 Å². The zero-order valence-electron chi connectivity index (χ0n) is 34.6. The van der Waals surface area contributed by atoms with Crippen molar-refractivity contribution >= 4 is 39.8 Å². The van der Waals surface area contributed by atoms with Gasteiger partial charge >= 0.3 is 0 Å². The van der Waals surface area contributed by atoms with E-state index in [1.165, 1.54) is 101 Å². The van der Waals surface area contributed by atoms with E-state index < -0.39 is 0 Å². The van der Waals surface area contributed by atoms with Crippen molar-refractivity contribution in [3.63, 3.8) is 0 Å². The second-order valence-electron chi connectivity index (χ2n) is 19.0. The highest BCUT2D eigenvalue weighted by molar-refractivity contribution is 6.00. The molecule has 0 bridgehead atoms. The van der Waals surface area contributed by atoms with E-state index in [0.717, 1.165) is 0 Å². The van der Waals surface area contributed by atoms with Gasteiger partial charge in [0.05, 0.1) is 39.8 Å². The molecule has 3 nitrogen and oxygen atoms in total. The molecule has 0 fully saturated rings. The van der Waals surface area contributed by atoms with Crippen molar-refractivity contribution in [2.75, 3.05) is 14.7 Å². The van der Waals surface area contributed by atoms with E-state index in [1.54, 1.807) is 0 Å². The fourth-order valence-corrected chi connectivity index (χ4v) is 11.7. The van der Waals surface area contributed by atoms with Gasteiger partial charge in [0.15, 0.2) is 0 Å². The van der Waals surface area contributed by atoms with Crippen LogP contribution in [0.1, 0.15) is 160 Å². The van der Waals surface area contributed by atoms with E-state index in [0.29, 0.717) is 23.7 Å². The standard InChI is InChI=1S/C53H53N3/c1-29(2)34-17-15-19-36-31(5)38-25-26-39-32(6)37-20-16-18-35(30(3)4)47(37)56-49(39)48(38)55(46(34)36)51(56)33-27-42-50-43(28-33)53(9,10)41-22-12-14-24-45(41)54(50)44-23-13-11-21-40(44)52(42,7)8/h11-32,51H,1-10H3. The molecule has 3 heteroatoms. The molecule has 0 N–H and O–H groups in total. The summed E-state index contributed by atoms with van der Waals surface area (Å²) in [5, 5.41) is 0. The number of rotatable bonds is 3. The Labute approximate surface area is 333 Å². The first kappa shape index (κ1) is 34.0. The molecule has 0 radical (unpaired) electrons. The van der Waals surface area contributed by atoms with Gasteiger partial charge in [-0.2, -0.15) is 0 Å². The molecule has 0 amide bonds. The number of fused-ring (bicyclic) bond motifs is 8. The summed E-state index contributed by atoms with van der Waals surface area (Å²) >= 11 is 0. The maximum absolute atomic E-state index is 2.82. The molecule has 6 aromatic rings. The normalized spacial score (nSPS) is 21.0. The summed E-state index contributed by atoms with van der Waals surface area (Å²) in [5.74, 6) is 1.35. The minimum atomic E-state index is -0.216.